The Hall–Kier alpha value is -1.37. The molecule has 1 saturated carbocycles. The van der Waals surface area contributed by atoms with E-state index in [4.69, 9.17) is 10.4 Å². The largest absolute Gasteiger partial charge is 0.396 e. The zero-order valence-electron chi connectivity index (χ0n) is 9.24. The molecule has 84 valence electrons. The third-order valence-corrected chi connectivity index (χ3v) is 3.25. The van der Waals surface area contributed by atoms with Gasteiger partial charge in [-0.1, -0.05) is 18.2 Å². The van der Waals surface area contributed by atoms with Crippen molar-refractivity contribution in [2.24, 2.45) is 5.41 Å². The SMILES string of the molecule is N#Cc1ccccc1CNCC1(CO)CC1. The highest BCUT2D eigenvalue weighted by Gasteiger charge is 2.41. The van der Waals surface area contributed by atoms with E-state index in [2.05, 4.69) is 11.4 Å². The van der Waals surface area contributed by atoms with Gasteiger partial charge >= 0.3 is 0 Å². The lowest BCUT2D eigenvalue weighted by molar-refractivity contribution is 0.207. The van der Waals surface area contributed by atoms with Gasteiger partial charge in [-0.15, -0.1) is 0 Å². The van der Waals surface area contributed by atoms with Gasteiger partial charge in [-0.05, 0) is 24.5 Å². The molecule has 2 N–H and O–H groups in total. The van der Waals surface area contributed by atoms with E-state index in [0.29, 0.717) is 6.54 Å². The van der Waals surface area contributed by atoms with Crippen LogP contribution < -0.4 is 5.32 Å². The van der Waals surface area contributed by atoms with Crippen LogP contribution in [0.15, 0.2) is 24.3 Å². The smallest absolute Gasteiger partial charge is 0.0995 e. The Morgan fingerprint density at radius 2 is 2.12 bits per heavy atom. The molecule has 0 amide bonds. The predicted octanol–water partition coefficient (Wildman–Crippen LogP) is 1.42. The van der Waals surface area contributed by atoms with Crippen LogP contribution in [-0.2, 0) is 6.54 Å². The van der Waals surface area contributed by atoms with Crippen LogP contribution >= 0.6 is 0 Å². The normalized spacial score (nSPS) is 16.8. The first-order valence-electron chi connectivity index (χ1n) is 5.59. The minimum atomic E-state index is 0.127. The summed E-state index contributed by atoms with van der Waals surface area (Å²) in [4.78, 5) is 0. The predicted molar refractivity (Wildman–Crippen MR) is 61.6 cm³/mol. The fourth-order valence-electron chi connectivity index (χ4n) is 1.81. The number of aliphatic hydroxyl groups is 1. The van der Waals surface area contributed by atoms with Gasteiger partial charge in [0.25, 0.3) is 0 Å². The minimum Gasteiger partial charge on any atom is -0.396 e. The molecule has 1 aliphatic carbocycles. The Labute approximate surface area is 95.7 Å². The highest BCUT2D eigenvalue weighted by atomic mass is 16.3. The number of aliphatic hydroxyl groups excluding tert-OH is 1. The lowest BCUT2D eigenvalue weighted by Crippen LogP contribution is -2.26. The molecule has 0 saturated heterocycles. The second kappa shape index (κ2) is 4.65. The van der Waals surface area contributed by atoms with Crippen LogP contribution in [-0.4, -0.2) is 18.3 Å². The second-order valence-electron chi connectivity index (χ2n) is 4.53. The summed E-state index contributed by atoms with van der Waals surface area (Å²) in [6.45, 7) is 1.80. The maximum atomic E-state index is 9.16. The summed E-state index contributed by atoms with van der Waals surface area (Å²) in [5.74, 6) is 0. The van der Waals surface area contributed by atoms with Crippen molar-refractivity contribution in [3.63, 3.8) is 0 Å². The van der Waals surface area contributed by atoms with Crippen molar-refractivity contribution in [2.75, 3.05) is 13.2 Å². The molecule has 2 rings (SSSR count). The molecule has 1 fully saturated rings. The van der Waals surface area contributed by atoms with Crippen LogP contribution in [0.2, 0.25) is 0 Å². The van der Waals surface area contributed by atoms with Gasteiger partial charge in [0.1, 0.15) is 0 Å². The number of nitriles is 1. The molecule has 1 aromatic rings. The van der Waals surface area contributed by atoms with Gasteiger partial charge in [-0.3, -0.25) is 0 Å². The summed E-state index contributed by atoms with van der Waals surface area (Å²) in [6, 6.07) is 9.79. The molecule has 0 bridgehead atoms. The number of nitrogens with one attached hydrogen (secondary N) is 1. The monoisotopic (exact) mass is 216 g/mol. The lowest BCUT2D eigenvalue weighted by atomic mass is 10.1. The molecule has 0 aliphatic heterocycles. The van der Waals surface area contributed by atoms with Crippen LogP contribution in [0.25, 0.3) is 0 Å². The molecule has 0 atom stereocenters. The van der Waals surface area contributed by atoms with E-state index in [1.807, 2.05) is 24.3 Å². The molecule has 0 radical (unpaired) electrons. The number of hydrogen-bond acceptors (Lipinski definition) is 3. The Bertz CT molecular complexity index is 405. The zero-order valence-corrected chi connectivity index (χ0v) is 9.24. The van der Waals surface area contributed by atoms with Gasteiger partial charge in [0.2, 0.25) is 0 Å². The molecular weight excluding hydrogens is 200 g/mol. The third-order valence-electron chi connectivity index (χ3n) is 3.25. The maximum Gasteiger partial charge on any atom is 0.0995 e. The molecule has 3 nitrogen and oxygen atoms in total. The Morgan fingerprint density at radius 1 is 1.38 bits per heavy atom. The fourth-order valence-corrected chi connectivity index (χ4v) is 1.81. The molecule has 0 aromatic heterocycles. The topological polar surface area (TPSA) is 56.0 Å². The van der Waals surface area contributed by atoms with Crippen molar-refractivity contribution in [3.8, 4) is 6.07 Å². The Balaban J connectivity index is 1.88. The molecule has 1 aromatic carbocycles. The number of hydrogen-bond donors (Lipinski definition) is 2. The van der Waals surface area contributed by atoms with E-state index in [1.54, 1.807) is 0 Å². The quantitative estimate of drug-likeness (QED) is 0.782. The van der Waals surface area contributed by atoms with E-state index in [9.17, 15) is 0 Å². The maximum absolute atomic E-state index is 9.16. The van der Waals surface area contributed by atoms with Gasteiger partial charge in [0, 0.05) is 25.1 Å². The number of benzene rings is 1. The molecule has 16 heavy (non-hydrogen) atoms. The van der Waals surface area contributed by atoms with Crippen molar-refractivity contribution in [2.45, 2.75) is 19.4 Å². The van der Waals surface area contributed by atoms with Gasteiger partial charge in [-0.2, -0.15) is 5.26 Å². The molecular formula is C13H16N2O. The van der Waals surface area contributed by atoms with Crippen LogP contribution in [0.5, 0.6) is 0 Å². The summed E-state index contributed by atoms with van der Waals surface area (Å²) < 4.78 is 0. The fraction of sp³-hybridized carbons (Fsp3) is 0.462. The summed E-state index contributed by atoms with van der Waals surface area (Å²) in [6.07, 6.45) is 2.22. The molecule has 0 heterocycles. The summed E-state index contributed by atoms with van der Waals surface area (Å²) in [7, 11) is 0. The second-order valence-corrected chi connectivity index (χ2v) is 4.53. The summed E-state index contributed by atoms with van der Waals surface area (Å²) in [5, 5.41) is 21.4. The minimum absolute atomic E-state index is 0.127. The van der Waals surface area contributed by atoms with E-state index in [1.165, 1.54) is 0 Å². The van der Waals surface area contributed by atoms with Crippen LogP contribution in [0.4, 0.5) is 0 Å². The first kappa shape index (κ1) is 11.1. The molecule has 0 unspecified atom stereocenters. The van der Waals surface area contributed by atoms with Crippen LogP contribution in [0.1, 0.15) is 24.0 Å². The van der Waals surface area contributed by atoms with Crippen LogP contribution in [0, 0.1) is 16.7 Å². The van der Waals surface area contributed by atoms with Gasteiger partial charge < -0.3 is 10.4 Å². The Kier molecular flexibility index (Phi) is 3.23. The molecule has 3 heteroatoms. The van der Waals surface area contributed by atoms with E-state index < -0.39 is 0 Å². The van der Waals surface area contributed by atoms with E-state index in [0.717, 1.165) is 30.5 Å². The van der Waals surface area contributed by atoms with Crippen molar-refractivity contribution in [3.05, 3.63) is 35.4 Å². The molecule has 1 aliphatic rings. The summed E-state index contributed by atoms with van der Waals surface area (Å²) >= 11 is 0. The standard InChI is InChI=1S/C13H16N2O/c14-7-11-3-1-2-4-12(11)8-15-9-13(10-16)5-6-13/h1-4,15-16H,5-6,8-10H2. The Morgan fingerprint density at radius 3 is 2.75 bits per heavy atom. The van der Waals surface area contributed by atoms with Crippen molar-refractivity contribution in [1.82, 2.24) is 5.32 Å². The van der Waals surface area contributed by atoms with Crippen molar-refractivity contribution >= 4 is 0 Å². The highest BCUT2D eigenvalue weighted by Crippen LogP contribution is 2.44. The highest BCUT2D eigenvalue weighted by molar-refractivity contribution is 5.37. The third kappa shape index (κ3) is 2.41. The first-order chi connectivity index (χ1) is 7.79. The zero-order chi connectivity index (χ0) is 11.4. The van der Waals surface area contributed by atoms with Gasteiger partial charge in [-0.25, -0.2) is 0 Å². The van der Waals surface area contributed by atoms with Gasteiger partial charge in [0.05, 0.1) is 11.6 Å². The average molecular weight is 216 g/mol. The van der Waals surface area contributed by atoms with E-state index in [-0.39, 0.29) is 12.0 Å². The van der Waals surface area contributed by atoms with Crippen LogP contribution in [0.3, 0.4) is 0 Å². The lowest BCUT2D eigenvalue weighted by Gasteiger charge is -2.13. The first-order valence-corrected chi connectivity index (χ1v) is 5.59. The van der Waals surface area contributed by atoms with Crippen molar-refractivity contribution in [1.29, 1.82) is 5.26 Å². The average Bonchev–Trinajstić information content (AvgIpc) is 3.10. The van der Waals surface area contributed by atoms with Gasteiger partial charge in [0.15, 0.2) is 0 Å². The molecule has 0 spiro atoms. The van der Waals surface area contributed by atoms with E-state index >= 15 is 0 Å². The number of rotatable bonds is 5. The summed E-state index contributed by atoms with van der Waals surface area (Å²) in [5.41, 5.74) is 1.88. The van der Waals surface area contributed by atoms with Crippen molar-refractivity contribution < 1.29 is 5.11 Å². The number of nitrogens with zero attached hydrogens (tertiary/aromatic N) is 1.